The van der Waals surface area contributed by atoms with E-state index in [1.807, 2.05) is 0 Å². The van der Waals surface area contributed by atoms with Crippen molar-refractivity contribution < 1.29 is 9.18 Å². The number of amides is 1. The maximum Gasteiger partial charge on any atom is 0.239 e. The summed E-state index contributed by atoms with van der Waals surface area (Å²) in [4.78, 5) is 10.9. The Balaban J connectivity index is 3.06. The highest BCUT2D eigenvalue weighted by Gasteiger charge is 2.10. The number of halogens is 2. The van der Waals surface area contributed by atoms with Crippen LogP contribution in [0.3, 0.4) is 0 Å². The minimum Gasteiger partial charge on any atom is -0.321 e. The van der Waals surface area contributed by atoms with Gasteiger partial charge in [-0.2, -0.15) is 5.26 Å². The van der Waals surface area contributed by atoms with Crippen molar-refractivity contribution in [3.8, 4) is 6.07 Å². The molecule has 0 aliphatic heterocycles. The Labute approximate surface area is 85.1 Å². The molecule has 72 valence electrons. The van der Waals surface area contributed by atoms with Crippen molar-refractivity contribution in [1.29, 1.82) is 5.26 Å². The average Bonchev–Trinajstić information content (AvgIpc) is 2.20. The molecule has 0 fully saturated rings. The van der Waals surface area contributed by atoms with Crippen molar-refractivity contribution >= 4 is 23.2 Å². The molecule has 0 saturated carbocycles. The van der Waals surface area contributed by atoms with E-state index in [0.717, 1.165) is 6.07 Å². The van der Waals surface area contributed by atoms with Crippen molar-refractivity contribution in [3.05, 3.63) is 29.6 Å². The summed E-state index contributed by atoms with van der Waals surface area (Å²) in [6.07, 6.45) is 0. The Morgan fingerprint density at radius 1 is 1.64 bits per heavy atom. The fourth-order valence-corrected chi connectivity index (χ4v) is 0.984. The van der Waals surface area contributed by atoms with Crippen LogP contribution in [-0.4, -0.2) is 11.8 Å². The molecule has 0 heterocycles. The van der Waals surface area contributed by atoms with Gasteiger partial charge < -0.3 is 5.32 Å². The van der Waals surface area contributed by atoms with Gasteiger partial charge in [0.2, 0.25) is 5.91 Å². The second-order valence-corrected chi connectivity index (χ2v) is 2.72. The van der Waals surface area contributed by atoms with E-state index in [2.05, 4.69) is 5.32 Å². The first-order chi connectivity index (χ1) is 6.69. The number of carbonyl (C=O) groups excluding carboxylic acids is 1. The summed E-state index contributed by atoms with van der Waals surface area (Å²) >= 11 is 5.23. The molecule has 0 spiro atoms. The lowest BCUT2D eigenvalue weighted by Gasteiger charge is -2.05. The number of para-hydroxylation sites is 1. The standard InChI is InChI=1S/C9H6ClFN2O/c10-4-8(14)13-9-6(5-12)2-1-3-7(9)11/h1-3H,4H2,(H,13,14). The minimum atomic E-state index is -0.650. The van der Waals surface area contributed by atoms with E-state index < -0.39 is 11.7 Å². The molecule has 0 aliphatic carbocycles. The zero-order valence-corrected chi connectivity index (χ0v) is 7.81. The first kappa shape index (κ1) is 10.5. The zero-order valence-electron chi connectivity index (χ0n) is 7.05. The Morgan fingerprint density at radius 2 is 2.36 bits per heavy atom. The Bertz CT molecular complexity index is 400. The maximum absolute atomic E-state index is 13.1. The van der Waals surface area contributed by atoms with E-state index in [9.17, 15) is 9.18 Å². The lowest BCUT2D eigenvalue weighted by molar-refractivity contribution is -0.113. The number of hydrogen-bond donors (Lipinski definition) is 1. The van der Waals surface area contributed by atoms with Crippen LogP contribution >= 0.6 is 11.6 Å². The normalized spacial score (nSPS) is 9.21. The van der Waals surface area contributed by atoms with Crippen LogP contribution in [0.4, 0.5) is 10.1 Å². The third-order valence-electron chi connectivity index (χ3n) is 1.52. The van der Waals surface area contributed by atoms with Gasteiger partial charge in [-0.25, -0.2) is 4.39 Å². The van der Waals surface area contributed by atoms with Gasteiger partial charge in [0.05, 0.1) is 11.3 Å². The van der Waals surface area contributed by atoms with Crippen LogP contribution in [0.5, 0.6) is 0 Å². The van der Waals surface area contributed by atoms with E-state index in [1.54, 1.807) is 6.07 Å². The van der Waals surface area contributed by atoms with Crippen LogP contribution in [0.1, 0.15) is 5.56 Å². The molecule has 1 aromatic carbocycles. The summed E-state index contributed by atoms with van der Waals surface area (Å²) in [6.45, 7) is 0. The van der Waals surface area contributed by atoms with Crippen LogP contribution < -0.4 is 5.32 Å². The Hall–Kier alpha value is -1.60. The van der Waals surface area contributed by atoms with Gasteiger partial charge in [0.1, 0.15) is 17.8 Å². The first-order valence-corrected chi connectivity index (χ1v) is 4.27. The van der Waals surface area contributed by atoms with Gasteiger partial charge in [0.25, 0.3) is 0 Å². The number of hydrogen-bond acceptors (Lipinski definition) is 2. The van der Waals surface area contributed by atoms with Crippen molar-refractivity contribution in [2.45, 2.75) is 0 Å². The molecular formula is C9H6ClFN2O. The van der Waals surface area contributed by atoms with Crippen LogP contribution in [0, 0.1) is 17.1 Å². The molecule has 1 aromatic rings. The molecule has 0 aromatic heterocycles. The largest absolute Gasteiger partial charge is 0.321 e. The fraction of sp³-hybridized carbons (Fsp3) is 0.111. The van der Waals surface area contributed by atoms with Crippen molar-refractivity contribution in [2.24, 2.45) is 0 Å². The van der Waals surface area contributed by atoms with E-state index in [-0.39, 0.29) is 17.1 Å². The molecule has 14 heavy (non-hydrogen) atoms. The highest BCUT2D eigenvalue weighted by molar-refractivity contribution is 6.29. The highest BCUT2D eigenvalue weighted by atomic mass is 35.5. The van der Waals surface area contributed by atoms with Crippen molar-refractivity contribution in [3.63, 3.8) is 0 Å². The van der Waals surface area contributed by atoms with Crippen LogP contribution in [-0.2, 0) is 4.79 Å². The summed E-state index contributed by atoms with van der Waals surface area (Å²) in [5.74, 6) is -1.48. The molecule has 0 unspecified atom stereocenters. The predicted octanol–water partition coefficient (Wildman–Crippen LogP) is 1.87. The van der Waals surface area contributed by atoms with Crippen molar-refractivity contribution in [2.75, 3.05) is 11.2 Å². The van der Waals surface area contributed by atoms with Crippen LogP contribution in [0.15, 0.2) is 18.2 Å². The number of rotatable bonds is 2. The summed E-state index contributed by atoms with van der Waals surface area (Å²) in [5.41, 5.74) is -0.0517. The number of alkyl halides is 1. The summed E-state index contributed by atoms with van der Waals surface area (Å²) < 4.78 is 13.1. The first-order valence-electron chi connectivity index (χ1n) is 3.73. The monoisotopic (exact) mass is 212 g/mol. The van der Waals surface area contributed by atoms with Gasteiger partial charge in [0, 0.05) is 0 Å². The SMILES string of the molecule is N#Cc1cccc(F)c1NC(=O)CCl. The number of nitrogens with one attached hydrogen (secondary N) is 1. The second kappa shape index (κ2) is 4.58. The zero-order chi connectivity index (χ0) is 10.6. The van der Waals surface area contributed by atoms with Crippen LogP contribution in [0.2, 0.25) is 0 Å². The lowest BCUT2D eigenvalue weighted by atomic mass is 10.2. The van der Waals surface area contributed by atoms with Gasteiger partial charge in [-0.3, -0.25) is 4.79 Å². The summed E-state index contributed by atoms with van der Waals surface area (Å²) in [5, 5.41) is 10.8. The number of carbonyl (C=O) groups is 1. The Kier molecular flexibility index (Phi) is 3.43. The van der Waals surface area contributed by atoms with Gasteiger partial charge >= 0.3 is 0 Å². The smallest absolute Gasteiger partial charge is 0.239 e. The molecule has 5 heteroatoms. The Morgan fingerprint density at radius 3 is 2.93 bits per heavy atom. The number of nitrogens with zero attached hydrogens (tertiary/aromatic N) is 1. The van der Waals surface area contributed by atoms with E-state index in [4.69, 9.17) is 16.9 Å². The lowest BCUT2D eigenvalue weighted by Crippen LogP contribution is -2.14. The quantitative estimate of drug-likeness (QED) is 0.761. The number of benzene rings is 1. The fourth-order valence-electron chi connectivity index (χ4n) is 0.917. The van der Waals surface area contributed by atoms with E-state index >= 15 is 0 Å². The molecule has 1 N–H and O–H groups in total. The topological polar surface area (TPSA) is 52.9 Å². The molecule has 0 saturated heterocycles. The third-order valence-corrected chi connectivity index (χ3v) is 1.76. The highest BCUT2D eigenvalue weighted by Crippen LogP contribution is 2.18. The van der Waals surface area contributed by atoms with Crippen LogP contribution in [0.25, 0.3) is 0 Å². The molecule has 1 amide bonds. The number of nitriles is 1. The van der Waals surface area contributed by atoms with E-state index in [1.165, 1.54) is 12.1 Å². The summed E-state index contributed by atoms with van der Waals surface area (Å²) in [7, 11) is 0. The molecule has 3 nitrogen and oxygen atoms in total. The molecule has 0 atom stereocenters. The van der Waals surface area contributed by atoms with Gasteiger partial charge in [-0.1, -0.05) is 6.07 Å². The maximum atomic E-state index is 13.1. The van der Waals surface area contributed by atoms with E-state index in [0.29, 0.717) is 0 Å². The van der Waals surface area contributed by atoms with Gasteiger partial charge in [-0.05, 0) is 12.1 Å². The number of anilines is 1. The second-order valence-electron chi connectivity index (χ2n) is 2.46. The van der Waals surface area contributed by atoms with Gasteiger partial charge in [0.15, 0.2) is 0 Å². The molecule has 0 aliphatic rings. The third kappa shape index (κ3) is 2.21. The summed E-state index contributed by atoms with van der Waals surface area (Å²) in [6, 6.07) is 5.73. The van der Waals surface area contributed by atoms with Gasteiger partial charge in [-0.15, -0.1) is 11.6 Å². The predicted molar refractivity (Wildman–Crippen MR) is 50.5 cm³/mol. The van der Waals surface area contributed by atoms with Crippen molar-refractivity contribution in [1.82, 2.24) is 0 Å². The average molecular weight is 213 g/mol. The minimum absolute atomic E-state index is 0.0727. The molecule has 1 rings (SSSR count). The molecular weight excluding hydrogens is 207 g/mol. The molecule has 0 radical (unpaired) electrons. The molecule has 0 bridgehead atoms.